The van der Waals surface area contributed by atoms with Crippen molar-refractivity contribution in [1.29, 1.82) is 0 Å². The third-order valence-electron chi connectivity index (χ3n) is 5.34. The molecule has 126 valence electrons. The van der Waals surface area contributed by atoms with Gasteiger partial charge in [-0.05, 0) is 62.1 Å². The summed E-state index contributed by atoms with van der Waals surface area (Å²) in [5, 5.41) is 15.2. The fourth-order valence-electron chi connectivity index (χ4n) is 3.50. The maximum Gasteiger partial charge on any atom is 0.315 e. The molecule has 5 heteroatoms. The van der Waals surface area contributed by atoms with E-state index in [1.165, 1.54) is 12.1 Å². The third-order valence-corrected chi connectivity index (χ3v) is 5.34. The van der Waals surface area contributed by atoms with Crippen LogP contribution < -0.4 is 10.6 Å². The summed E-state index contributed by atoms with van der Waals surface area (Å²) in [7, 11) is 0. The van der Waals surface area contributed by atoms with Gasteiger partial charge in [-0.15, -0.1) is 0 Å². The van der Waals surface area contributed by atoms with Gasteiger partial charge in [0.05, 0.1) is 0 Å². The van der Waals surface area contributed by atoms with Crippen LogP contribution in [-0.2, 0) is 5.41 Å². The predicted octanol–water partition coefficient (Wildman–Crippen LogP) is 2.71. The molecular formula is C18H25FN2O2. The van der Waals surface area contributed by atoms with Crippen LogP contribution in [0.5, 0.6) is 0 Å². The number of hydrogen-bond donors (Lipinski definition) is 3. The molecule has 0 aromatic heterocycles. The smallest absolute Gasteiger partial charge is 0.315 e. The quantitative estimate of drug-likeness (QED) is 0.781. The van der Waals surface area contributed by atoms with E-state index in [1.54, 1.807) is 0 Å². The third kappa shape index (κ3) is 4.02. The van der Waals surface area contributed by atoms with Crippen molar-refractivity contribution in [3.8, 4) is 0 Å². The van der Waals surface area contributed by atoms with Gasteiger partial charge in [0.2, 0.25) is 0 Å². The number of rotatable bonds is 5. The van der Waals surface area contributed by atoms with Crippen LogP contribution >= 0.6 is 0 Å². The zero-order chi connectivity index (χ0) is 16.3. The Morgan fingerprint density at radius 1 is 1.17 bits per heavy atom. The van der Waals surface area contributed by atoms with Gasteiger partial charge < -0.3 is 15.7 Å². The average molecular weight is 320 g/mol. The molecule has 1 aromatic rings. The largest absolute Gasteiger partial charge is 0.396 e. The number of carbonyl (C=O) groups is 1. The topological polar surface area (TPSA) is 61.4 Å². The lowest BCUT2D eigenvalue weighted by Gasteiger charge is -2.28. The molecule has 2 amide bonds. The van der Waals surface area contributed by atoms with E-state index < -0.39 is 0 Å². The van der Waals surface area contributed by atoms with Crippen molar-refractivity contribution in [2.24, 2.45) is 5.92 Å². The van der Waals surface area contributed by atoms with E-state index in [2.05, 4.69) is 10.6 Å². The van der Waals surface area contributed by atoms with Gasteiger partial charge in [0.15, 0.2) is 0 Å². The van der Waals surface area contributed by atoms with Crippen molar-refractivity contribution in [2.45, 2.75) is 50.0 Å². The number of amides is 2. The van der Waals surface area contributed by atoms with E-state index >= 15 is 0 Å². The fourth-order valence-corrected chi connectivity index (χ4v) is 3.50. The van der Waals surface area contributed by atoms with Gasteiger partial charge in [0.25, 0.3) is 0 Å². The molecule has 23 heavy (non-hydrogen) atoms. The van der Waals surface area contributed by atoms with Gasteiger partial charge in [-0.25, -0.2) is 9.18 Å². The maximum atomic E-state index is 13.0. The minimum atomic E-state index is -0.228. The predicted molar refractivity (Wildman–Crippen MR) is 86.7 cm³/mol. The summed E-state index contributed by atoms with van der Waals surface area (Å²) >= 11 is 0. The number of nitrogens with one attached hydrogen (secondary N) is 2. The van der Waals surface area contributed by atoms with Crippen molar-refractivity contribution in [3.63, 3.8) is 0 Å². The molecule has 0 heterocycles. The first-order valence-electron chi connectivity index (χ1n) is 8.52. The second kappa shape index (κ2) is 6.87. The first-order valence-corrected chi connectivity index (χ1v) is 8.52. The molecular weight excluding hydrogens is 295 g/mol. The Labute approximate surface area is 136 Å². The van der Waals surface area contributed by atoms with Gasteiger partial charge in [0.1, 0.15) is 5.82 Å². The zero-order valence-electron chi connectivity index (χ0n) is 13.4. The van der Waals surface area contributed by atoms with Crippen LogP contribution in [0.1, 0.15) is 44.1 Å². The molecule has 0 radical (unpaired) electrons. The van der Waals surface area contributed by atoms with E-state index in [1.807, 2.05) is 12.1 Å². The van der Waals surface area contributed by atoms with E-state index in [4.69, 9.17) is 5.11 Å². The van der Waals surface area contributed by atoms with E-state index in [9.17, 15) is 9.18 Å². The summed E-state index contributed by atoms with van der Waals surface area (Å²) in [4.78, 5) is 12.1. The summed E-state index contributed by atoms with van der Waals surface area (Å²) < 4.78 is 13.0. The summed E-state index contributed by atoms with van der Waals surface area (Å²) in [5.41, 5.74) is 1.09. The maximum absolute atomic E-state index is 13.0. The Bertz CT molecular complexity index is 534. The number of aliphatic hydroxyl groups is 1. The van der Waals surface area contributed by atoms with Crippen molar-refractivity contribution < 1.29 is 14.3 Å². The number of benzene rings is 1. The monoisotopic (exact) mass is 320 g/mol. The highest BCUT2D eigenvalue weighted by Gasteiger charge is 2.44. The van der Waals surface area contributed by atoms with Crippen LogP contribution in [0, 0.1) is 11.7 Å². The number of hydrogen-bond acceptors (Lipinski definition) is 2. The van der Waals surface area contributed by atoms with Crippen LogP contribution in [0.2, 0.25) is 0 Å². The molecule has 0 aliphatic heterocycles. The molecule has 3 N–H and O–H groups in total. The van der Waals surface area contributed by atoms with Crippen LogP contribution in [0.15, 0.2) is 24.3 Å². The number of carbonyl (C=O) groups excluding carboxylic acids is 1. The van der Waals surface area contributed by atoms with E-state index in [0.717, 1.165) is 44.1 Å². The van der Waals surface area contributed by atoms with Gasteiger partial charge >= 0.3 is 6.03 Å². The van der Waals surface area contributed by atoms with Gasteiger partial charge in [0, 0.05) is 24.6 Å². The Balaban J connectivity index is 1.45. The Morgan fingerprint density at radius 3 is 2.39 bits per heavy atom. The highest BCUT2D eigenvalue weighted by Crippen LogP contribution is 2.47. The number of urea groups is 1. The second-order valence-electron chi connectivity index (χ2n) is 7.01. The lowest BCUT2D eigenvalue weighted by atomic mass is 9.87. The molecule has 1 aromatic carbocycles. The molecule has 2 aliphatic rings. The lowest BCUT2D eigenvalue weighted by Crippen LogP contribution is -2.45. The first kappa shape index (κ1) is 16.2. The van der Waals surface area contributed by atoms with Crippen molar-refractivity contribution in [1.82, 2.24) is 10.6 Å². The average Bonchev–Trinajstić information content (AvgIpc) is 3.35. The van der Waals surface area contributed by atoms with Crippen LogP contribution in [0.3, 0.4) is 0 Å². The second-order valence-corrected chi connectivity index (χ2v) is 7.01. The molecule has 3 rings (SSSR count). The first-order chi connectivity index (χ1) is 11.1. The number of aliphatic hydroxyl groups excluding tert-OH is 1. The summed E-state index contributed by atoms with van der Waals surface area (Å²) in [5.74, 6) is 0.165. The lowest BCUT2D eigenvalue weighted by molar-refractivity contribution is 0.174. The normalized spacial score (nSPS) is 25.7. The minimum absolute atomic E-state index is 0.0143. The zero-order valence-corrected chi connectivity index (χ0v) is 13.4. The van der Waals surface area contributed by atoms with Crippen molar-refractivity contribution >= 4 is 6.03 Å². The van der Waals surface area contributed by atoms with E-state index in [0.29, 0.717) is 12.5 Å². The number of halogens is 1. The highest BCUT2D eigenvalue weighted by molar-refractivity contribution is 5.74. The van der Waals surface area contributed by atoms with Crippen LogP contribution in [-0.4, -0.2) is 30.3 Å². The Morgan fingerprint density at radius 2 is 1.83 bits per heavy atom. The van der Waals surface area contributed by atoms with Gasteiger partial charge in [-0.2, -0.15) is 0 Å². The minimum Gasteiger partial charge on any atom is -0.396 e. The molecule has 0 saturated heterocycles. The Kier molecular flexibility index (Phi) is 4.85. The Hall–Kier alpha value is -1.62. The molecule has 4 nitrogen and oxygen atoms in total. The summed E-state index contributed by atoms with van der Waals surface area (Å²) in [6.07, 6.45) is 5.87. The molecule has 0 atom stereocenters. The standard InChI is InChI=1S/C18H25FN2O2/c19-15-5-3-14(4-6-15)18(9-10-18)12-20-17(23)21-16-7-1-13(11-22)2-8-16/h3-6,13,16,22H,1-2,7-12H2,(H2,20,21,23). The van der Waals surface area contributed by atoms with Crippen molar-refractivity contribution in [2.75, 3.05) is 13.2 Å². The highest BCUT2D eigenvalue weighted by atomic mass is 19.1. The molecule has 2 fully saturated rings. The molecule has 0 unspecified atom stereocenters. The fraction of sp³-hybridized carbons (Fsp3) is 0.611. The van der Waals surface area contributed by atoms with E-state index in [-0.39, 0.29) is 29.9 Å². The molecule has 2 saturated carbocycles. The van der Waals surface area contributed by atoms with Gasteiger partial charge in [-0.1, -0.05) is 12.1 Å². The molecule has 2 aliphatic carbocycles. The van der Waals surface area contributed by atoms with Gasteiger partial charge in [-0.3, -0.25) is 0 Å². The molecule has 0 bridgehead atoms. The van der Waals surface area contributed by atoms with Crippen molar-refractivity contribution in [3.05, 3.63) is 35.6 Å². The van der Waals surface area contributed by atoms with Crippen LogP contribution in [0.25, 0.3) is 0 Å². The SMILES string of the molecule is O=C(NCC1(c2ccc(F)cc2)CC1)NC1CCC(CO)CC1. The summed E-state index contributed by atoms with van der Waals surface area (Å²) in [6, 6.07) is 6.69. The summed E-state index contributed by atoms with van der Waals surface area (Å²) in [6.45, 7) is 0.843. The van der Waals surface area contributed by atoms with Crippen LogP contribution in [0.4, 0.5) is 9.18 Å². The molecule has 0 spiro atoms.